The lowest BCUT2D eigenvalue weighted by molar-refractivity contribution is -0.179. The van der Waals surface area contributed by atoms with E-state index < -0.39 is 50.7 Å². The molecule has 0 amide bonds. The van der Waals surface area contributed by atoms with E-state index in [2.05, 4.69) is 13.0 Å². The average molecular weight is 557 g/mol. The molecule has 0 aromatic rings. The summed E-state index contributed by atoms with van der Waals surface area (Å²) in [7, 11) is 0. The van der Waals surface area contributed by atoms with Crippen molar-refractivity contribution in [2.45, 2.75) is 105 Å². The molecule has 0 spiro atoms. The van der Waals surface area contributed by atoms with Crippen LogP contribution < -0.4 is 0 Å². The average Bonchev–Trinajstić information content (AvgIpc) is 3.03. The van der Waals surface area contributed by atoms with Crippen molar-refractivity contribution >= 4 is 17.3 Å². The largest absolute Gasteiger partial charge is 0.490 e. The quantitative estimate of drug-likeness (QED) is 0.312. The van der Waals surface area contributed by atoms with Gasteiger partial charge in [-0.15, -0.1) is 0 Å². The standard InChI is InChI=1S/C33H48O7/c1-10-15-40-22-16-20-19(29(4,5)27(22)37)11-12-23-30(6)17-21(34)26(31(30,7)18-25(36)32(20,23)8)33(9,39)24(35)13-14-28(2,3)38/h11,13-14,16,20-21,23,26,34,38-39H,10,12,15,17-18H2,1-9H3/b14-13+/t20-,21-,23+,26+,30+,31-,32+,33+/m1/s1. The first-order valence-corrected chi connectivity index (χ1v) is 14.7. The highest BCUT2D eigenvalue weighted by Crippen LogP contribution is 2.73. The van der Waals surface area contributed by atoms with Crippen LogP contribution in [0.15, 0.2) is 35.6 Å². The van der Waals surface area contributed by atoms with Crippen molar-refractivity contribution in [1.82, 2.24) is 0 Å². The molecule has 7 heteroatoms. The molecule has 3 N–H and O–H groups in total. The van der Waals surface area contributed by atoms with Gasteiger partial charge in [0.1, 0.15) is 11.4 Å². The van der Waals surface area contributed by atoms with Crippen LogP contribution in [0.1, 0.15) is 88.0 Å². The van der Waals surface area contributed by atoms with Gasteiger partial charge in [0, 0.05) is 23.7 Å². The maximum Gasteiger partial charge on any atom is 0.206 e. The van der Waals surface area contributed by atoms with Crippen LogP contribution in [0.4, 0.5) is 0 Å². The van der Waals surface area contributed by atoms with Crippen LogP contribution in [0.5, 0.6) is 0 Å². The van der Waals surface area contributed by atoms with Crippen molar-refractivity contribution < 1.29 is 34.4 Å². The zero-order valence-electron chi connectivity index (χ0n) is 25.6. The van der Waals surface area contributed by atoms with E-state index in [1.165, 1.54) is 32.9 Å². The molecule has 4 aliphatic carbocycles. The van der Waals surface area contributed by atoms with Crippen molar-refractivity contribution in [2.24, 2.45) is 39.4 Å². The second-order valence-corrected chi connectivity index (χ2v) is 14.7. The van der Waals surface area contributed by atoms with E-state index in [0.717, 1.165) is 12.0 Å². The van der Waals surface area contributed by atoms with E-state index in [0.29, 0.717) is 25.2 Å². The number of hydrogen-bond acceptors (Lipinski definition) is 7. The van der Waals surface area contributed by atoms with Gasteiger partial charge >= 0.3 is 0 Å². The van der Waals surface area contributed by atoms with E-state index in [-0.39, 0.29) is 29.8 Å². The third kappa shape index (κ3) is 4.21. The summed E-state index contributed by atoms with van der Waals surface area (Å²) in [5.41, 5.74) is -5.36. The Labute approximate surface area is 238 Å². The molecule has 0 aromatic heterocycles. The SMILES string of the molecule is CCCOC1=C[C@@H]2C(=CC[C@@H]3[C@@]2(C)C(=O)C[C@]2(C)[C@@H]([C@@](C)(O)C(=O)/C=C/C(C)(C)O)[C@H](O)C[C@@]32C)C(C)(C)C1=O. The van der Waals surface area contributed by atoms with Gasteiger partial charge in [0.25, 0.3) is 0 Å². The van der Waals surface area contributed by atoms with Crippen LogP contribution in [-0.2, 0) is 19.1 Å². The fourth-order valence-electron chi connectivity index (χ4n) is 8.88. The molecular weight excluding hydrogens is 508 g/mol. The highest BCUT2D eigenvalue weighted by atomic mass is 16.5. The van der Waals surface area contributed by atoms with Crippen molar-refractivity contribution in [2.75, 3.05) is 6.61 Å². The number of Topliss-reactive ketones (excluding diaryl/α,β-unsaturated/α-hetero) is 2. The molecule has 0 unspecified atom stereocenters. The van der Waals surface area contributed by atoms with Gasteiger partial charge in [0.05, 0.1) is 23.7 Å². The Kier molecular flexibility index (Phi) is 7.30. The van der Waals surface area contributed by atoms with Crippen LogP contribution in [0.3, 0.4) is 0 Å². The number of aliphatic hydroxyl groups excluding tert-OH is 1. The molecule has 4 aliphatic rings. The number of allylic oxidation sites excluding steroid dienone is 4. The number of hydrogen-bond donors (Lipinski definition) is 3. The number of rotatable bonds is 7. The molecule has 0 aromatic carbocycles. The van der Waals surface area contributed by atoms with Crippen LogP contribution in [0.2, 0.25) is 0 Å². The third-order valence-electron chi connectivity index (χ3n) is 11.2. The molecule has 222 valence electrons. The summed E-state index contributed by atoms with van der Waals surface area (Å²) in [6.07, 6.45) is 7.22. The maximum atomic E-state index is 14.4. The van der Waals surface area contributed by atoms with Gasteiger partial charge in [-0.25, -0.2) is 0 Å². The van der Waals surface area contributed by atoms with Crippen LogP contribution in [-0.4, -0.2) is 56.6 Å². The zero-order valence-corrected chi connectivity index (χ0v) is 25.6. The second kappa shape index (κ2) is 9.47. The summed E-state index contributed by atoms with van der Waals surface area (Å²) in [4.78, 5) is 41.1. The summed E-state index contributed by atoms with van der Waals surface area (Å²) in [5, 5.41) is 33.3. The molecule has 4 rings (SSSR count). The molecule has 8 atom stereocenters. The molecule has 7 nitrogen and oxygen atoms in total. The molecule has 2 fully saturated rings. The molecule has 0 bridgehead atoms. The number of aliphatic hydroxyl groups is 3. The lowest BCUT2D eigenvalue weighted by Crippen LogP contribution is -2.64. The highest BCUT2D eigenvalue weighted by Gasteiger charge is 2.74. The normalized spacial score (nSPS) is 40.5. The van der Waals surface area contributed by atoms with E-state index in [1.807, 2.05) is 40.7 Å². The predicted octanol–water partition coefficient (Wildman–Crippen LogP) is 4.49. The summed E-state index contributed by atoms with van der Waals surface area (Å²) in [6.45, 7) is 16.7. The Bertz CT molecular complexity index is 1200. The fourth-order valence-corrected chi connectivity index (χ4v) is 8.88. The molecule has 2 saturated carbocycles. The Hall–Kier alpha value is -2.09. The molecule has 0 radical (unpaired) electrons. The Morgan fingerprint density at radius 1 is 1.10 bits per heavy atom. The number of fused-ring (bicyclic) bond motifs is 5. The Morgan fingerprint density at radius 3 is 2.30 bits per heavy atom. The number of carbonyl (C=O) groups excluding carboxylic acids is 3. The van der Waals surface area contributed by atoms with Crippen molar-refractivity contribution in [3.8, 4) is 0 Å². The molecule has 40 heavy (non-hydrogen) atoms. The van der Waals surface area contributed by atoms with E-state index in [9.17, 15) is 29.7 Å². The van der Waals surface area contributed by atoms with Crippen LogP contribution in [0, 0.1) is 39.4 Å². The van der Waals surface area contributed by atoms with E-state index >= 15 is 0 Å². The number of ether oxygens (including phenoxy) is 1. The first kappa shape index (κ1) is 30.9. The topological polar surface area (TPSA) is 121 Å². The molecular formula is C33H48O7. The lowest BCUT2D eigenvalue weighted by atomic mass is 9.39. The van der Waals surface area contributed by atoms with Gasteiger partial charge in [0.2, 0.25) is 5.78 Å². The van der Waals surface area contributed by atoms with Crippen molar-refractivity contribution in [1.29, 1.82) is 0 Å². The highest BCUT2D eigenvalue weighted by molar-refractivity contribution is 6.02. The maximum absolute atomic E-state index is 14.4. The minimum absolute atomic E-state index is 0.0127. The third-order valence-corrected chi connectivity index (χ3v) is 11.2. The minimum Gasteiger partial charge on any atom is -0.490 e. The predicted molar refractivity (Wildman–Crippen MR) is 152 cm³/mol. The van der Waals surface area contributed by atoms with Gasteiger partial charge in [0.15, 0.2) is 11.5 Å². The zero-order chi connectivity index (χ0) is 30.3. The van der Waals surface area contributed by atoms with Crippen LogP contribution in [0.25, 0.3) is 0 Å². The van der Waals surface area contributed by atoms with Gasteiger partial charge in [-0.05, 0) is 82.8 Å². The lowest BCUT2D eigenvalue weighted by Gasteiger charge is -2.63. The van der Waals surface area contributed by atoms with Crippen molar-refractivity contribution in [3.63, 3.8) is 0 Å². The summed E-state index contributed by atoms with van der Waals surface area (Å²) >= 11 is 0. The summed E-state index contributed by atoms with van der Waals surface area (Å²) in [6, 6.07) is 0. The van der Waals surface area contributed by atoms with Crippen molar-refractivity contribution in [3.05, 3.63) is 35.6 Å². The fraction of sp³-hybridized carbons (Fsp3) is 0.727. The summed E-state index contributed by atoms with van der Waals surface area (Å²) in [5.74, 6) is -1.75. The second-order valence-electron chi connectivity index (χ2n) is 14.7. The minimum atomic E-state index is -1.95. The first-order valence-electron chi connectivity index (χ1n) is 14.7. The van der Waals surface area contributed by atoms with E-state index in [4.69, 9.17) is 4.74 Å². The Morgan fingerprint density at radius 2 is 1.73 bits per heavy atom. The summed E-state index contributed by atoms with van der Waals surface area (Å²) < 4.78 is 5.91. The van der Waals surface area contributed by atoms with Gasteiger partial charge in [-0.3, -0.25) is 14.4 Å². The molecule has 0 heterocycles. The van der Waals surface area contributed by atoms with E-state index in [1.54, 1.807) is 0 Å². The molecule has 0 saturated heterocycles. The smallest absolute Gasteiger partial charge is 0.206 e. The van der Waals surface area contributed by atoms with Gasteiger partial charge in [-0.2, -0.15) is 0 Å². The van der Waals surface area contributed by atoms with Gasteiger partial charge < -0.3 is 20.1 Å². The first-order chi connectivity index (χ1) is 18.2. The Balaban J connectivity index is 1.81. The van der Waals surface area contributed by atoms with Crippen LogP contribution >= 0.6 is 0 Å². The molecule has 0 aliphatic heterocycles. The monoisotopic (exact) mass is 556 g/mol. The number of carbonyl (C=O) groups is 3. The number of ketones is 3. The van der Waals surface area contributed by atoms with Gasteiger partial charge in [-0.1, -0.05) is 45.4 Å².